The number of nitrogens with two attached hydrogens (primary N) is 1. The topological polar surface area (TPSA) is 59.5 Å². The van der Waals surface area contributed by atoms with Gasteiger partial charge in [-0.3, -0.25) is 4.79 Å². The summed E-state index contributed by atoms with van der Waals surface area (Å²) < 4.78 is 42.7. The standard InChI is InChI=1S/C12H15F3N2O2/c13-12(14,15)8-17(6-9-2-1-5-19-9)10(18)11(7-16)3-4-11/h1-2,5H,3-4,6-8,16H2. The van der Waals surface area contributed by atoms with E-state index in [1.165, 1.54) is 6.26 Å². The molecule has 1 saturated carbocycles. The molecule has 1 aliphatic carbocycles. The number of amides is 1. The van der Waals surface area contributed by atoms with Crippen LogP contribution in [0.15, 0.2) is 22.8 Å². The van der Waals surface area contributed by atoms with Crippen molar-refractivity contribution in [3.05, 3.63) is 24.2 Å². The van der Waals surface area contributed by atoms with Gasteiger partial charge in [-0.1, -0.05) is 0 Å². The van der Waals surface area contributed by atoms with Crippen molar-refractivity contribution in [1.29, 1.82) is 0 Å². The molecule has 106 valence electrons. The first-order valence-corrected chi connectivity index (χ1v) is 5.95. The fourth-order valence-electron chi connectivity index (χ4n) is 2.00. The molecule has 7 heteroatoms. The van der Waals surface area contributed by atoms with Gasteiger partial charge in [0.15, 0.2) is 0 Å². The van der Waals surface area contributed by atoms with E-state index in [1.54, 1.807) is 12.1 Å². The molecule has 4 nitrogen and oxygen atoms in total. The highest BCUT2D eigenvalue weighted by Gasteiger charge is 2.51. The smallest absolute Gasteiger partial charge is 0.406 e. The molecule has 1 aromatic rings. The third kappa shape index (κ3) is 3.28. The molecule has 0 saturated heterocycles. The highest BCUT2D eigenvalue weighted by molar-refractivity contribution is 5.85. The van der Waals surface area contributed by atoms with E-state index in [1.807, 2.05) is 0 Å². The van der Waals surface area contributed by atoms with Crippen molar-refractivity contribution in [3.8, 4) is 0 Å². The van der Waals surface area contributed by atoms with E-state index >= 15 is 0 Å². The average Bonchev–Trinajstić information content (AvgIpc) is 2.97. The van der Waals surface area contributed by atoms with Crippen LogP contribution in [-0.2, 0) is 11.3 Å². The molecule has 1 aromatic heterocycles. The van der Waals surface area contributed by atoms with Gasteiger partial charge in [0, 0.05) is 6.54 Å². The Morgan fingerprint density at radius 2 is 2.16 bits per heavy atom. The summed E-state index contributed by atoms with van der Waals surface area (Å²) in [7, 11) is 0. The normalized spacial score (nSPS) is 17.3. The molecule has 19 heavy (non-hydrogen) atoms. The lowest BCUT2D eigenvalue weighted by atomic mass is 10.1. The minimum absolute atomic E-state index is 0.0817. The zero-order valence-electron chi connectivity index (χ0n) is 10.2. The molecule has 1 fully saturated rings. The Bertz CT molecular complexity index is 438. The van der Waals surface area contributed by atoms with Gasteiger partial charge in [0.1, 0.15) is 12.3 Å². The van der Waals surface area contributed by atoms with Gasteiger partial charge < -0.3 is 15.1 Å². The highest BCUT2D eigenvalue weighted by Crippen LogP contribution is 2.46. The lowest BCUT2D eigenvalue weighted by Crippen LogP contribution is -2.44. The van der Waals surface area contributed by atoms with Crippen LogP contribution in [0.1, 0.15) is 18.6 Å². The second kappa shape index (κ2) is 4.88. The van der Waals surface area contributed by atoms with Gasteiger partial charge in [-0.2, -0.15) is 13.2 Å². The number of carbonyl (C=O) groups excluding carboxylic acids is 1. The summed E-state index contributed by atoms with van der Waals surface area (Å²) in [5.74, 6) is -0.214. The van der Waals surface area contributed by atoms with Crippen LogP contribution in [0.2, 0.25) is 0 Å². The number of rotatable bonds is 5. The minimum Gasteiger partial charge on any atom is -0.467 e. The molecule has 0 bridgehead atoms. The van der Waals surface area contributed by atoms with Crippen molar-refractivity contribution >= 4 is 5.91 Å². The molecule has 2 rings (SSSR count). The average molecular weight is 276 g/mol. The van der Waals surface area contributed by atoms with Crippen LogP contribution in [0, 0.1) is 5.41 Å². The van der Waals surface area contributed by atoms with E-state index in [-0.39, 0.29) is 13.1 Å². The van der Waals surface area contributed by atoms with Gasteiger partial charge in [0.25, 0.3) is 0 Å². The number of hydrogen-bond acceptors (Lipinski definition) is 3. The highest BCUT2D eigenvalue weighted by atomic mass is 19.4. The van der Waals surface area contributed by atoms with Crippen LogP contribution in [0.4, 0.5) is 13.2 Å². The first-order chi connectivity index (χ1) is 8.86. The molecule has 1 aliphatic rings. The zero-order chi connectivity index (χ0) is 14.1. The van der Waals surface area contributed by atoms with Gasteiger partial charge in [0.2, 0.25) is 5.91 Å². The van der Waals surface area contributed by atoms with Gasteiger partial charge in [-0.15, -0.1) is 0 Å². The Balaban J connectivity index is 2.12. The van der Waals surface area contributed by atoms with E-state index in [4.69, 9.17) is 10.2 Å². The first kappa shape index (κ1) is 13.9. The summed E-state index contributed by atoms with van der Waals surface area (Å²) in [4.78, 5) is 12.9. The number of carbonyl (C=O) groups is 1. The molecular formula is C12H15F3N2O2. The van der Waals surface area contributed by atoms with E-state index in [2.05, 4.69) is 0 Å². The second-order valence-corrected chi connectivity index (χ2v) is 4.84. The molecule has 0 unspecified atom stereocenters. The number of halogens is 3. The fraction of sp³-hybridized carbons (Fsp3) is 0.583. The van der Waals surface area contributed by atoms with Gasteiger partial charge in [-0.05, 0) is 25.0 Å². The fourth-order valence-corrected chi connectivity index (χ4v) is 2.00. The van der Waals surface area contributed by atoms with Crippen LogP contribution < -0.4 is 5.73 Å². The Morgan fingerprint density at radius 3 is 2.58 bits per heavy atom. The summed E-state index contributed by atoms with van der Waals surface area (Å²) in [6.07, 6.45) is -1.97. The van der Waals surface area contributed by atoms with Crippen molar-refractivity contribution in [1.82, 2.24) is 4.90 Å². The van der Waals surface area contributed by atoms with Crippen molar-refractivity contribution in [2.75, 3.05) is 13.1 Å². The quantitative estimate of drug-likeness (QED) is 0.893. The third-order valence-corrected chi connectivity index (χ3v) is 3.28. The number of alkyl halides is 3. The lowest BCUT2D eigenvalue weighted by Gasteiger charge is -2.26. The molecule has 0 radical (unpaired) electrons. The van der Waals surface area contributed by atoms with E-state index in [0.717, 1.165) is 4.90 Å². The summed E-state index contributed by atoms with van der Waals surface area (Å²) in [6.45, 7) is -1.39. The van der Waals surface area contributed by atoms with Gasteiger partial charge >= 0.3 is 6.18 Å². The number of nitrogens with zero attached hydrogens (tertiary/aromatic N) is 1. The third-order valence-electron chi connectivity index (χ3n) is 3.28. The lowest BCUT2D eigenvalue weighted by molar-refractivity contribution is -0.166. The monoisotopic (exact) mass is 276 g/mol. The predicted octanol–water partition coefficient (Wildman–Crippen LogP) is 1.91. The minimum atomic E-state index is -4.44. The Hall–Kier alpha value is -1.50. The first-order valence-electron chi connectivity index (χ1n) is 5.95. The second-order valence-electron chi connectivity index (χ2n) is 4.84. The summed E-state index contributed by atoms with van der Waals surface area (Å²) in [5, 5.41) is 0. The SMILES string of the molecule is NCC1(C(=O)N(Cc2ccco2)CC(F)(F)F)CC1. The Kier molecular flexibility index (Phi) is 3.58. The Morgan fingerprint density at radius 1 is 1.47 bits per heavy atom. The van der Waals surface area contributed by atoms with Crippen LogP contribution in [0.25, 0.3) is 0 Å². The van der Waals surface area contributed by atoms with Crippen LogP contribution in [0.3, 0.4) is 0 Å². The van der Waals surface area contributed by atoms with Gasteiger partial charge in [-0.25, -0.2) is 0 Å². The van der Waals surface area contributed by atoms with Crippen molar-refractivity contribution in [2.45, 2.75) is 25.6 Å². The predicted molar refractivity (Wildman–Crippen MR) is 60.9 cm³/mol. The molecular weight excluding hydrogens is 261 g/mol. The maximum atomic E-state index is 12.6. The molecule has 1 amide bonds. The maximum absolute atomic E-state index is 12.6. The van der Waals surface area contributed by atoms with Crippen LogP contribution in [0.5, 0.6) is 0 Å². The van der Waals surface area contributed by atoms with Crippen LogP contribution in [-0.4, -0.2) is 30.1 Å². The van der Waals surface area contributed by atoms with E-state index in [9.17, 15) is 18.0 Å². The molecule has 0 atom stereocenters. The summed E-state index contributed by atoms with van der Waals surface area (Å²) >= 11 is 0. The van der Waals surface area contributed by atoms with E-state index < -0.39 is 24.0 Å². The van der Waals surface area contributed by atoms with Crippen molar-refractivity contribution in [2.24, 2.45) is 11.1 Å². The van der Waals surface area contributed by atoms with Gasteiger partial charge in [0.05, 0.1) is 18.2 Å². The van der Waals surface area contributed by atoms with Crippen molar-refractivity contribution in [3.63, 3.8) is 0 Å². The van der Waals surface area contributed by atoms with Crippen LogP contribution >= 0.6 is 0 Å². The molecule has 0 aromatic carbocycles. The Labute approximate surface area is 108 Å². The molecule has 1 heterocycles. The molecule has 2 N–H and O–H groups in total. The summed E-state index contributed by atoms with van der Waals surface area (Å²) in [6, 6.07) is 3.11. The zero-order valence-corrected chi connectivity index (χ0v) is 10.2. The number of hydrogen-bond donors (Lipinski definition) is 1. The molecule has 0 aliphatic heterocycles. The maximum Gasteiger partial charge on any atom is 0.406 e. The number of furan rings is 1. The summed E-state index contributed by atoms with van der Waals surface area (Å²) in [5.41, 5.74) is 4.70. The van der Waals surface area contributed by atoms with Crippen molar-refractivity contribution < 1.29 is 22.4 Å². The van der Waals surface area contributed by atoms with E-state index in [0.29, 0.717) is 18.6 Å². The largest absolute Gasteiger partial charge is 0.467 e. The molecule has 0 spiro atoms.